The molecule has 0 spiro atoms. The number of aromatic hydroxyl groups is 5. The molecule has 29 heavy (non-hydrogen) atoms. The lowest BCUT2D eigenvalue weighted by atomic mass is 9.93. The van der Waals surface area contributed by atoms with Gasteiger partial charge in [0.2, 0.25) is 0 Å². The molecule has 0 saturated carbocycles. The van der Waals surface area contributed by atoms with Crippen LogP contribution in [-0.2, 0) is 0 Å². The predicted molar refractivity (Wildman–Crippen MR) is 104 cm³/mol. The van der Waals surface area contributed by atoms with Crippen molar-refractivity contribution in [3.63, 3.8) is 0 Å². The molecule has 0 radical (unpaired) electrons. The summed E-state index contributed by atoms with van der Waals surface area (Å²) in [4.78, 5) is 13.2. The van der Waals surface area contributed by atoms with Crippen LogP contribution in [0.2, 0.25) is 0 Å². The van der Waals surface area contributed by atoms with Gasteiger partial charge in [-0.25, -0.2) is 0 Å². The van der Waals surface area contributed by atoms with Gasteiger partial charge in [0, 0.05) is 34.4 Å². The number of carbonyl (C=O) groups excluding carboxylic acids is 1. The Kier molecular flexibility index (Phi) is 4.08. The van der Waals surface area contributed by atoms with Crippen molar-refractivity contribution in [1.29, 1.82) is 0 Å². The Morgan fingerprint density at radius 1 is 0.690 bits per heavy atom. The summed E-state index contributed by atoms with van der Waals surface area (Å²) in [5, 5.41) is 50.0. The van der Waals surface area contributed by atoms with E-state index in [-0.39, 0.29) is 56.8 Å². The molecule has 1 aliphatic rings. The second-order valence-electron chi connectivity index (χ2n) is 6.59. The van der Waals surface area contributed by atoms with E-state index in [4.69, 9.17) is 4.74 Å². The third-order valence-corrected chi connectivity index (χ3v) is 4.73. The number of allylic oxidation sites excluding steroid dienone is 1. The van der Waals surface area contributed by atoms with Crippen LogP contribution in [-0.4, -0.2) is 38.4 Å². The van der Waals surface area contributed by atoms with Crippen LogP contribution in [0.5, 0.6) is 34.5 Å². The van der Waals surface area contributed by atoms with Crippen molar-refractivity contribution in [2.75, 3.05) is 7.11 Å². The molecule has 0 heterocycles. The molecule has 4 rings (SSSR count). The molecule has 0 saturated heterocycles. The Morgan fingerprint density at radius 3 is 2.00 bits per heavy atom. The van der Waals surface area contributed by atoms with Crippen LogP contribution in [0.1, 0.15) is 27.0 Å². The molecule has 146 valence electrons. The summed E-state index contributed by atoms with van der Waals surface area (Å²) in [6.45, 7) is 0. The maximum Gasteiger partial charge on any atom is 0.195 e. The van der Waals surface area contributed by atoms with E-state index >= 15 is 0 Å². The maximum atomic E-state index is 13.2. The van der Waals surface area contributed by atoms with E-state index in [0.29, 0.717) is 11.1 Å². The monoisotopic (exact) mass is 392 g/mol. The number of methoxy groups -OCH3 is 1. The zero-order chi connectivity index (χ0) is 20.9. The first-order valence-corrected chi connectivity index (χ1v) is 8.56. The van der Waals surface area contributed by atoms with Gasteiger partial charge in [0.05, 0.1) is 7.11 Å². The standard InChI is InChI=1S/C22H16O7/c1-29-18-6-10(2-3-16(18)26)19-20(11-4-12(23)7-13(24)5-11)22(28)15-8-14(25)9-17(27)21(15)19/h2-9,23-27H,1H3. The van der Waals surface area contributed by atoms with Crippen LogP contribution < -0.4 is 4.74 Å². The molecule has 0 atom stereocenters. The van der Waals surface area contributed by atoms with Gasteiger partial charge in [-0.15, -0.1) is 0 Å². The Morgan fingerprint density at radius 2 is 1.34 bits per heavy atom. The molecule has 0 fully saturated rings. The number of phenolic OH excluding ortho intramolecular Hbond substituents is 5. The molecule has 0 unspecified atom stereocenters. The minimum Gasteiger partial charge on any atom is -0.508 e. The van der Waals surface area contributed by atoms with Gasteiger partial charge >= 0.3 is 0 Å². The first-order valence-electron chi connectivity index (χ1n) is 8.56. The number of ketones is 1. The first kappa shape index (κ1) is 18.2. The molecule has 0 bridgehead atoms. The van der Waals surface area contributed by atoms with Crippen molar-refractivity contribution in [2.45, 2.75) is 0 Å². The summed E-state index contributed by atoms with van der Waals surface area (Å²) in [7, 11) is 1.38. The van der Waals surface area contributed by atoms with E-state index < -0.39 is 5.78 Å². The maximum absolute atomic E-state index is 13.2. The molecular weight excluding hydrogens is 376 g/mol. The predicted octanol–water partition coefficient (Wildman–Crippen LogP) is 3.38. The molecule has 7 nitrogen and oxygen atoms in total. The number of benzene rings is 3. The fraction of sp³-hybridized carbons (Fsp3) is 0.0455. The fourth-order valence-corrected chi connectivity index (χ4v) is 3.56. The number of hydrogen-bond acceptors (Lipinski definition) is 7. The summed E-state index contributed by atoms with van der Waals surface area (Å²) in [5.41, 5.74) is 1.36. The van der Waals surface area contributed by atoms with Gasteiger partial charge in [0.15, 0.2) is 17.3 Å². The van der Waals surface area contributed by atoms with Crippen molar-refractivity contribution in [1.82, 2.24) is 0 Å². The van der Waals surface area contributed by atoms with Gasteiger partial charge in [-0.05, 0) is 41.5 Å². The Hall–Kier alpha value is -4.13. The van der Waals surface area contributed by atoms with E-state index in [0.717, 1.165) is 12.1 Å². The highest BCUT2D eigenvalue weighted by Gasteiger charge is 2.35. The van der Waals surface area contributed by atoms with Gasteiger partial charge in [-0.2, -0.15) is 0 Å². The van der Waals surface area contributed by atoms with E-state index in [1.165, 1.54) is 37.4 Å². The number of phenols is 5. The third kappa shape index (κ3) is 2.89. The number of Topliss-reactive ketones (excluding diaryl/α,β-unsaturated/α-hetero) is 1. The summed E-state index contributed by atoms with van der Waals surface area (Å²) >= 11 is 0. The van der Waals surface area contributed by atoms with Gasteiger partial charge in [0.25, 0.3) is 0 Å². The molecule has 3 aromatic carbocycles. The second kappa shape index (κ2) is 6.49. The van der Waals surface area contributed by atoms with Gasteiger partial charge < -0.3 is 30.3 Å². The third-order valence-electron chi connectivity index (χ3n) is 4.73. The van der Waals surface area contributed by atoms with Crippen LogP contribution in [0.25, 0.3) is 11.1 Å². The molecule has 0 aromatic heterocycles. The molecular formula is C22H16O7. The van der Waals surface area contributed by atoms with Crippen molar-refractivity contribution >= 4 is 16.9 Å². The summed E-state index contributed by atoms with van der Waals surface area (Å²) < 4.78 is 5.15. The first-order chi connectivity index (χ1) is 13.8. The number of rotatable bonds is 3. The highest BCUT2D eigenvalue weighted by molar-refractivity contribution is 6.42. The molecule has 0 aliphatic heterocycles. The van der Waals surface area contributed by atoms with E-state index in [9.17, 15) is 30.3 Å². The zero-order valence-electron chi connectivity index (χ0n) is 15.2. The van der Waals surface area contributed by atoms with Gasteiger partial charge in [-0.3, -0.25) is 4.79 Å². The lowest BCUT2D eigenvalue weighted by Crippen LogP contribution is -1.98. The quantitative estimate of drug-likeness (QED) is 0.462. The minimum absolute atomic E-state index is 0.0716. The number of hydrogen-bond donors (Lipinski definition) is 5. The zero-order valence-corrected chi connectivity index (χ0v) is 15.2. The molecule has 1 aliphatic carbocycles. The van der Waals surface area contributed by atoms with Crippen molar-refractivity contribution in [3.05, 3.63) is 70.8 Å². The second-order valence-corrected chi connectivity index (χ2v) is 6.59. The smallest absolute Gasteiger partial charge is 0.195 e. The molecule has 5 N–H and O–H groups in total. The summed E-state index contributed by atoms with van der Waals surface area (Å²) in [6, 6.07) is 10.5. The number of carbonyl (C=O) groups is 1. The highest BCUT2D eigenvalue weighted by Crippen LogP contribution is 2.49. The Balaban J connectivity index is 2.09. The number of ether oxygens (including phenoxy) is 1. The topological polar surface area (TPSA) is 127 Å². The average molecular weight is 392 g/mol. The minimum atomic E-state index is -0.502. The molecule has 7 heteroatoms. The van der Waals surface area contributed by atoms with Gasteiger partial charge in [-0.1, -0.05) is 6.07 Å². The lowest BCUT2D eigenvalue weighted by Gasteiger charge is -2.12. The van der Waals surface area contributed by atoms with Crippen LogP contribution >= 0.6 is 0 Å². The largest absolute Gasteiger partial charge is 0.508 e. The van der Waals surface area contributed by atoms with E-state index in [1.807, 2.05) is 0 Å². The van der Waals surface area contributed by atoms with E-state index in [2.05, 4.69) is 0 Å². The lowest BCUT2D eigenvalue weighted by molar-refractivity contribution is 0.105. The van der Waals surface area contributed by atoms with Crippen LogP contribution in [0, 0.1) is 0 Å². The van der Waals surface area contributed by atoms with Crippen molar-refractivity contribution in [2.24, 2.45) is 0 Å². The fourth-order valence-electron chi connectivity index (χ4n) is 3.56. The SMILES string of the molecule is COc1cc(C2=C(c3cc(O)cc(O)c3)C(=O)c3cc(O)cc(O)c32)ccc1O. The molecule has 3 aromatic rings. The van der Waals surface area contributed by atoms with Crippen LogP contribution in [0.15, 0.2) is 48.5 Å². The van der Waals surface area contributed by atoms with Crippen LogP contribution in [0.4, 0.5) is 0 Å². The van der Waals surface area contributed by atoms with E-state index in [1.54, 1.807) is 6.07 Å². The normalized spacial score (nSPS) is 12.9. The van der Waals surface area contributed by atoms with Crippen LogP contribution in [0.3, 0.4) is 0 Å². The number of fused-ring (bicyclic) bond motifs is 1. The summed E-state index contributed by atoms with van der Waals surface area (Å²) in [5.74, 6) is -1.53. The summed E-state index contributed by atoms with van der Waals surface area (Å²) in [6.07, 6.45) is 0. The average Bonchev–Trinajstić information content (AvgIpc) is 2.94. The highest BCUT2D eigenvalue weighted by atomic mass is 16.5. The van der Waals surface area contributed by atoms with Crippen molar-refractivity contribution < 1.29 is 35.1 Å². The Labute approximate surface area is 165 Å². The Bertz CT molecular complexity index is 1190. The van der Waals surface area contributed by atoms with Crippen molar-refractivity contribution in [3.8, 4) is 34.5 Å². The molecule has 0 amide bonds. The van der Waals surface area contributed by atoms with Gasteiger partial charge in [0.1, 0.15) is 23.0 Å².